The number of aromatic nitrogens is 3. The first-order valence-electron chi connectivity index (χ1n) is 24.3. The lowest BCUT2D eigenvalue weighted by Gasteiger charge is -2.39. The van der Waals surface area contributed by atoms with E-state index in [2.05, 4.69) is 262 Å². The fraction of sp³-hybridized carbons (Fsp3) is 0.0152. The molecule has 4 heterocycles. The highest BCUT2D eigenvalue weighted by molar-refractivity contribution is 6.22. The molecule has 1 atom stereocenters. The van der Waals surface area contributed by atoms with Crippen molar-refractivity contribution in [1.29, 1.82) is 0 Å². The quantitative estimate of drug-likeness (QED) is 0.160. The van der Waals surface area contributed by atoms with Crippen molar-refractivity contribution in [3.63, 3.8) is 0 Å². The predicted molar refractivity (Wildman–Crippen MR) is 297 cm³/mol. The molecule has 0 aliphatic carbocycles. The number of benzene rings is 11. The lowest BCUT2D eigenvalue weighted by atomic mass is 9.93. The first kappa shape index (κ1) is 39.5. The molecule has 3 aromatic heterocycles. The van der Waals surface area contributed by atoms with Gasteiger partial charge in [-0.2, -0.15) is 0 Å². The minimum absolute atomic E-state index is 0.413. The van der Waals surface area contributed by atoms with E-state index in [0.29, 0.717) is 0 Å². The minimum Gasteiger partial charge on any atom is -0.659 e. The highest BCUT2D eigenvalue weighted by atomic mass is 15.1. The Balaban J connectivity index is 0.941. The summed E-state index contributed by atoms with van der Waals surface area (Å²) in [5, 5.41) is 15.0. The summed E-state index contributed by atoms with van der Waals surface area (Å²) in [6.07, 6.45) is -0.413. The van der Waals surface area contributed by atoms with E-state index >= 15 is 0 Å². The van der Waals surface area contributed by atoms with Crippen LogP contribution >= 0.6 is 0 Å². The van der Waals surface area contributed by atoms with Crippen molar-refractivity contribution in [3.8, 4) is 28.2 Å². The molecule has 1 aliphatic heterocycles. The maximum atomic E-state index is 5.53. The summed E-state index contributed by atoms with van der Waals surface area (Å²) in [4.78, 5) is 5.53. The molecule has 71 heavy (non-hydrogen) atoms. The van der Waals surface area contributed by atoms with E-state index in [0.717, 1.165) is 67.0 Å². The summed E-state index contributed by atoms with van der Waals surface area (Å²) >= 11 is 0. The predicted octanol–water partition coefficient (Wildman–Crippen LogP) is 17.4. The highest BCUT2D eigenvalue weighted by Gasteiger charge is 2.22. The second-order valence-corrected chi connectivity index (χ2v) is 18.7. The zero-order valence-electron chi connectivity index (χ0n) is 38.5. The number of rotatable bonds is 6. The molecule has 5 nitrogen and oxygen atoms in total. The fourth-order valence-electron chi connectivity index (χ4n) is 11.5. The molecular formula is C66H42N5-. The molecule has 0 saturated heterocycles. The van der Waals surface area contributed by atoms with Gasteiger partial charge < -0.3 is 19.0 Å². The van der Waals surface area contributed by atoms with Crippen LogP contribution in [0.5, 0.6) is 0 Å². The number of nitrogens with zero attached hydrogens (tertiary/aromatic N) is 5. The molecule has 0 radical (unpaired) electrons. The van der Waals surface area contributed by atoms with Gasteiger partial charge in [0.05, 0.1) is 38.8 Å². The van der Waals surface area contributed by atoms with Gasteiger partial charge in [0.1, 0.15) is 0 Å². The van der Waals surface area contributed by atoms with Gasteiger partial charge in [0.2, 0.25) is 0 Å². The zero-order chi connectivity index (χ0) is 46.6. The third-order valence-corrected chi connectivity index (χ3v) is 14.8. The molecule has 0 amide bonds. The maximum Gasteiger partial charge on any atom is 0.0696 e. The van der Waals surface area contributed by atoms with E-state index in [4.69, 9.17) is 10.3 Å². The van der Waals surface area contributed by atoms with Gasteiger partial charge in [-0.25, -0.2) is 0 Å². The Labute approximate surface area is 409 Å². The van der Waals surface area contributed by atoms with Crippen molar-refractivity contribution in [2.75, 3.05) is 0 Å². The minimum atomic E-state index is -0.413. The van der Waals surface area contributed by atoms with Crippen molar-refractivity contribution in [2.45, 2.75) is 6.17 Å². The average molecular weight is 905 g/mol. The van der Waals surface area contributed by atoms with Gasteiger partial charge in [0.25, 0.3) is 0 Å². The highest BCUT2D eigenvalue weighted by Crippen LogP contribution is 2.46. The summed E-state index contributed by atoms with van der Waals surface area (Å²) in [7, 11) is 0. The third kappa shape index (κ3) is 6.09. The molecule has 332 valence electrons. The average Bonchev–Trinajstić information content (AvgIpc) is 4.08. The number of hydrogen-bond acceptors (Lipinski definition) is 1. The van der Waals surface area contributed by atoms with Crippen molar-refractivity contribution in [3.05, 3.63) is 271 Å². The van der Waals surface area contributed by atoms with Crippen molar-refractivity contribution < 1.29 is 0 Å². The fourth-order valence-corrected chi connectivity index (χ4v) is 11.5. The molecule has 14 aromatic rings. The standard InChI is InChI=1S/C66H42N5/c1-2-15-42(16-3-1)43-29-31-45(32-30-43)66-67-64(55-36-33-44-17-4-5-20-50(44)65(55)68-66)46-18-14-19-47(39-46)69-62-37-34-48(70-58-25-10-6-21-51(58)52-22-7-11-26-59(52)70)40-56(62)57-41-49(35-38-63(57)69)71-60-27-12-8-23-53(60)54-24-9-13-28-61(54)71/h1-41,66H/q-1. The topological polar surface area (TPSA) is 41.2 Å². The Morgan fingerprint density at radius 1 is 0.310 bits per heavy atom. The lowest BCUT2D eigenvalue weighted by Crippen LogP contribution is -2.13. The Morgan fingerprint density at radius 3 is 1.32 bits per heavy atom. The van der Waals surface area contributed by atoms with Gasteiger partial charge in [0.15, 0.2) is 0 Å². The van der Waals surface area contributed by atoms with E-state index in [1.165, 1.54) is 65.5 Å². The molecular weight excluding hydrogens is 863 g/mol. The first-order chi connectivity index (χ1) is 35.2. The molecule has 0 N–H and O–H groups in total. The van der Waals surface area contributed by atoms with Crippen LogP contribution < -0.4 is 0 Å². The largest absolute Gasteiger partial charge is 0.659 e. The zero-order valence-corrected chi connectivity index (χ0v) is 38.5. The van der Waals surface area contributed by atoms with Crippen LogP contribution in [0, 0.1) is 0 Å². The van der Waals surface area contributed by atoms with Gasteiger partial charge in [-0.05, 0) is 106 Å². The monoisotopic (exact) mass is 904 g/mol. The second-order valence-electron chi connectivity index (χ2n) is 18.7. The van der Waals surface area contributed by atoms with Crippen molar-refractivity contribution >= 4 is 87.6 Å². The van der Waals surface area contributed by atoms with Gasteiger partial charge in [-0.1, -0.05) is 176 Å². The third-order valence-electron chi connectivity index (χ3n) is 14.8. The van der Waals surface area contributed by atoms with Crippen LogP contribution in [-0.4, -0.2) is 19.4 Å². The Kier molecular flexibility index (Phi) is 8.65. The van der Waals surface area contributed by atoms with Crippen LogP contribution in [0.25, 0.3) is 110 Å². The smallest absolute Gasteiger partial charge is 0.0696 e. The summed E-state index contributed by atoms with van der Waals surface area (Å²) in [6, 6.07) is 90.2. The van der Waals surface area contributed by atoms with Crippen LogP contribution in [0.15, 0.2) is 254 Å². The number of aliphatic imine (C=N–C) groups is 1. The molecule has 1 aliphatic rings. The van der Waals surface area contributed by atoms with Crippen LogP contribution in [0.2, 0.25) is 0 Å². The van der Waals surface area contributed by atoms with Crippen LogP contribution in [0.3, 0.4) is 0 Å². The van der Waals surface area contributed by atoms with Crippen LogP contribution in [-0.2, 0) is 0 Å². The summed E-state index contributed by atoms with van der Waals surface area (Å²) in [5.74, 6) is 0. The molecule has 0 spiro atoms. The molecule has 0 saturated carbocycles. The van der Waals surface area contributed by atoms with E-state index in [-0.39, 0.29) is 0 Å². The molecule has 0 fully saturated rings. The Bertz CT molecular complexity index is 4210. The van der Waals surface area contributed by atoms with E-state index < -0.39 is 6.17 Å². The van der Waals surface area contributed by atoms with E-state index in [9.17, 15) is 0 Å². The number of fused-ring (bicyclic) bond motifs is 12. The van der Waals surface area contributed by atoms with Crippen molar-refractivity contribution in [1.82, 2.24) is 13.7 Å². The number of hydrogen-bond donors (Lipinski definition) is 0. The van der Waals surface area contributed by atoms with Crippen molar-refractivity contribution in [2.24, 2.45) is 4.99 Å². The van der Waals surface area contributed by atoms with Gasteiger partial charge >= 0.3 is 0 Å². The second kappa shape index (κ2) is 15.5. The maximum absolute atomic E-state index is 5.53. The summed E-state index contributed by atoms with van der Waals surface area (Å²) < 4.78 is 7.28. The van der Waals surface area contributed by atoms with Gasteiger partial charge in [0, 0.05) is 61.1 Å². The SMILES string of the molecule is c1ccc(-c2ccc(C3N=C(c4cccc(-n5c6ccc(-n7c8ccccc8c8ccccc87)cc6c6cc(-n7c8ccccc8c8ccccc87)ccc65)c4)c4ccc5ccccc5c4[N-]3)cc2)cc1. The van der Waals surface area contributed by atoms with Crippen LogP contribution in [0.1, 0.15) is 22.9 Å². The first-order valence-corrected chi connectivity index (χ1v) is 24.3. The molecule has 15 rings (SSSR count). The van der Waals surface area contributed by atoms with Gasteiger partial charge in [-0.3, -0.25) is 4.99 Å². The molecule has 1 unspecified atom stereocenters. The summed E-state index contributed by atoms with van der Waals surface area (Å²) in [6.45, 7) is 0. The van der Waals surface area contributed by atoms with E-state index in [1.807, 2.05) is 0 Å². The van der Waals surface area contributed by atoms with Gasteiger partial charge in [-0.15, -0.1) is 5.69 Å². The molecule has 0 bridgehead atoms. The van der Waals surface area contributed by atoms with Crippen LogP contribution in [0.4, 0.5) is 5.69 Å². The summed E-state index contributed by atoms with van der Waals surface area (Å²) in [5.41, 5.74) is 17.7. The normalized spacial score (nSPS) is 13.7. The number of para-hydroxylation sites is 4. The lowest BCUT2D eigenvalue weighted by molar-refractivity contribution is 0.874. The molecule has 5 heteroatoms. The Morgan fingerprint density at radius 2 is 0.761 bits per heavy atom. The molecule has 11 aromatic carbocycles. The Hall–Kier alpha value is -9.45. The van der Waals surface area contributed by atoms with E-state index in [1.54, 1.807) is 0 Å².